The van der Waals surface area contributed by atoms with Crippen LogP contribution in [0.15, 0.2) is 90.8 Å². The number of ether oxygens (including phenoxy) is 1. The summed E-state index contributed by atoms with van der Waals surface area (Å²) in [5.74, 6) is -1.97. The van der Waals surface area contributed by atoms with Gasteiger partial charge in [0.1, 0.15) is 17.8 Å². The van der Waals surface area contributed by atoms with E-state index in [2.05, 4.69) is 20.4 Å². The fourth-order valence-electron chi connectivity index (χ4n) is 4.33. The van der Waals surface area contributed by atoms with E-state index in [1.165, 1.54) is 31.1 Å². The van der Waals surface area contributed by atoms with Crippen LogP contribution >= 0.6 is 0 Å². The quantitative estimate of drug-likeness (QED) is 0.148. The zero-order valence-electron chi connectivity index (χ0n) is 23.2. The van der Waals surface area contributed by atoms with Crippen LogP contribution in [0.25, 0.3) is 5.57 Å². The first-order valence-electron chi connectivity index (χ1n) is 13.9. The van der Waals surface area contributed by atoms with Crippen LogP contribution in [-0.4, -0.2) is 6.10 Å². The van der Waals surface area contributed by atoms with Crippen LogP contribution in [0.4, 0.5) is 13.2 Å². The molecule has 1 nitrogen and oxygen atoms in total. The van der Waals surface area contributed by atoms with Gasteiger partial charge in [0.05, 0.1) is 6.61 Å². The number of hydrogen-bond donors (Lipinski definition) is 0. The van der Waals surface area contributed by atoms with Gasteiger partial charge in [-0.05, 0) is 42.0 Å². The van der Waals surface area contributed by atoms with E-state index in [4.69, 9.17) is 4.74 Å². The number of hydrogen-bond acceptors (Lipinski definition) is 1. The number of rotatable bonds is 17. The van der Waals surface area contributed by atoms with Crippen molar-refractivity contribution in [2.75, 3.05) is 0 Å². The highest BCUT2D eigenvalue weighted by Gasteiger charge is 2.16. The standard InChI is InChI=1S/C34H43F3O/c1-5-9-10-11-12-15-33(31(35)8-4)38-25-28-18-16-27(17-19-28)24-32(36)34(37)30(14-7-3)29-22-20-26(13-6-2)21-23-29/h7-8,14,16-23,33H,3,5-6,9-13,15,24-25H2,1-2,4H3/b30-14-,31-8+,34-32-. The van der Waals surface area contributed by atoms with E-state index >= 15 is 4.39 Å². The molecule has 0 saturated carbocycles. The third kappa shape index (κ3) is 10.5. The molecule has 2 aromatic rings. The van der Waals surface area contributed by atoms with Crippen LogP contribution in [0.1, 0.15) is 88.0 Å². The Morgan fingerprint density at radius 3 is 2.08 bits per heavy atom. The van der Waals surface area contributed by atoms with Gasteiger partial charge in [0.15, 0.2) is 5.83 Å². The molecule has 1 atom stereocenters. The first-order chi connectivity index (χ1) is 18.4. The van der Waals surface area contributed by atoms with Crippen LogP contribution in [0.2, 0.25) is 0 Å². The van der Waals surface area contributed by atoms with E-state index < -0.39 is 17.8 Å². The van der Waals surface area contributed by atoms with E-state index in [9.17, 15) is 8.78 Å². The normalized spacial score (nSPS) is 13.8. The van der Waals surface area contributed by atoms with Crippen molar-refractivity contribution in [1.29, 1.82) is 0 Å². The van der Waals surface area contributed by atoms with Crippen molar-refractivity contribution in [3.8, 4) is 0 Å². The molecule has 0 spiro atoms. The second-order valence-corrected chi connectivity index (χ2v) is 9.65. The maximum Gasteiger partial charge on any atom is 0.162 e. The largest absolute Gasteiger partial charge is 0.366 e. The average molecular weight is 525 g/mol. The topological polar surface area (TPSA) is 9.23 Å². The molecule has 0 aliphatic rings. The van der Waals surface area contributed by atoms with Gasteiger partial charge in [-0.1, -0.05) is 126 Å². The number of unbranched alkanes of at least 4 members (excludes halogenated alkanes) is 4. The monoisotopic (exact) mass is 524 g/mol. The molecule has 0 saturated heterocycles. The summed E-state index contributed by atoms with van der Waals surface area (Å²) in [6, 6.07) is 14.7. The lowest BCUT2D eigenvalue weighted by molar-refractivity contribution is 0.0429. The molecule has 1 unspecified atom stereocenters. The van der Waals surface area contributed by atoms with Crippen LogP contribution in [-0.2, 0) is 24.2 Å². The Morgan fingerprint density at radius 2 is 1.47 bits per heavy atom. The molecule has 0 radical (unpaired) electrons. The Balaban J connectivity index is 2.03. The van der Waals surface area contributed by atoms with Gasteiger partial charge in [0.25, 0.3) is 0 Å². The summed E-state index contributed by atoms with van der Waals surface area (Å²) in [6.45, 7) is 9.86. The molecular weight excluding hydrogens is 481 g/mol. The minimum atomic E-state index is -0.885. The Kier molecular flexibility index (Phi) is 14.5. The van der Waals surface area contributed by atoms with Gasteiger partial charge in [-0.25, -0.2) is 13.2 Å². The van der Waals surface area contributed by atoms with Gasteiger partial charge in [-0.2, -0.15) is 0 Å². The maximum atomic E-state index is 15.2. The lowest BCUT2D eigenvalue weighted by atomic mass is 9.99. The average Bonchev–Trinajstić information content (AvgIpc) is 2.94. The third-order valence-corrected chi connectivity index (χ3v) is 6.55. The summed E-state index contributed by atoms with van der Waals surface area (Å²) in [4.78, 5) is 0. The Labute approximate surface area is 227 Å². The summed E-state index contributed by atoms with van der Waals surface area (Å²) in [7, 11) is 0. The molecule has 2 rings (SSSR count). The minimum absolute atomic E-state index is 0.164. The second kappa shape index (κ2) is 17.6. The van der Waals surface area contributed by atoms with Crippen molar-refractivity contribution in [2.45, 2.75) is 91.3 Å². The smallest absolute Gasteiger partial charge is 0.162 e. The zero-order valence-corrected chi connectivity index (χ0v) is 23.2. The predicted molar refractivity (Wildman–Crippen MR) is 155 cm³/mol. The van der Waals surface area contributed by atoms with Crippen LogP contribution < -0.4 is 0 Å². The molecule has 0 N–H and O–H groups in total. The van der Waals surface area contributed by atoms with Gasteiger partial charge in [0, 0.05) is 12.0 Å². The van der Waals surface area contributed by atoms with Crippen molar-refractivity contribution in [2.24, 2.45) is 0 Å². The summed E-state index contributed by atoms with van der Waals surface area (Å²) in [5.41, 5.74) is 3.45. The zero-order chi connectivity index (χ0) is 27.8. The number of allylic oxidation sites excluding steroid dienone is 6. The first-order valence-corrected chi connectivity index (χ1v) is 13.9. The summed E-state index contributed by atoms with van der Waals surface area (Å²) in [6.07, 6.45) is 11.8. The van der Waals surface area contributed by atoms with Gasteiger partial charge in [-0.3, -0.25) is 0 Å². The minimum Gasteiger partial charge on any atom is -0.366 e. The van der Waals surface area contributed by atoms with Gasteiger partial charge < -0.3 is 4.74 Å². The Bertz CT molecular complexity index is 1060. The van der Waals surface area contributed by atoms with Crippen molar-refractivity contribution >= 4 is 5.57 Å². The van der Waals surface area contributed by atoms with E-state index in [0.29, 0.717) is 17.5 Å². The summed E-state index contributed by atoms with van der Waals surface area (Å²) >= 11 is 0. The molecule has 206 valence electrons. The predicted octanol–water partition coefficient (Wildman–Crippen LogP) is 10.7. The van der Waals surface area contributed by atoms with Crippen LogP contribution in [0.5, 0.6) is 0 Å². The van der Waals surface area contributed by atoms with Crippen molar-refractivity contribution in [1.82, 2.24) is 0 Å². The molecule has 0 aliphatic heterocycles. The molecule has 0 aromatic heterocycles. The molecule has 0 fully saturated rings. The van der Waals surface area contributed by atoms with E-state index in [1.54, 1.807) is 19.1 Å². The number of aryl methyl sites for hydroxylation is 1. The molecule has 2 aromatic carbocycles. The highest BCUT2D eigenvalue weighted by atomic mass is 19.2. The fraction of sp³-hybridized carbons (Fsp3) is 0.412. The van der Waals surface area contributed by atoms with Gasteiger partial charge in [-0.15, -0.1) is 0 Å². The second-order valence-electron chi connectivity index (χ2n) is 9.65. The third-order valence-electron chi connectivity index (χ3n) is 6.55. The molecule has 0 amide bonds. The first kappa shape index (κ1) is 31.4. The van der Waals surface area contributed by atoms with Gasteiger partial charge in [0.2, 0.25) is 0 Å². The molecule has 0 aliphatic carbocycles. The van der Waals surface area contributed by atoms with Crippen LogP contribution in [0, 0.1) is 0 Å². The van der Waals surface area contributed by atoms with E-state index in [0.717, 1.165) is 43.2 Å². The van der Waals surface area contributed by atoms with E-state index in [-0.39, 0.29) is 24.4 Å². The number of halogens is 3. The maximum absolute atomic E-state index is 15.2. The lowest BCUT2D eigenvalue weighted by Gasteiger charge is -2.16. The fourth-order valence-corrected chi connectivity index (χ4v) is 4.33. The highest BCUT2D eigenvalue weighted by Crippen LogP contribution is 2.30. The number of benzene rings is 2. The lowest BCUT2D eigenvalue weighted by Crippen LogP contribution is -2.14. The molecule has 38 heavy (non-hydrogen) atoms. The Morgan fingerprint density at radius 1 is 0.842 bits per heavy atom. The van der Waals surface area contributed by atoms with Gasteiger partial charge >= 0.3 is 0 Å². The van der Waals surface area contributed by atoms with Crippen molar-refractivity contribution in [3.63, 3.8) is 0 Å². The summed E-state index contributed by atoms with van der Waals surface area (Å²) in [5, 5.41) is 0. The SMILES string of the molecule is C=C/C=C(\C(F)=C(\F)Cc1ccc(COC(CCCCCCC)/C(F)=C\C)cc1)c1ccc(CCC)cc1. The van der Waals surface area contributed by atoms with Crippen molar-refractivity contribution in [3.05, 3.63) is 113 Å². The Hall–Kier alpha value is -2.85. The molecule has 4 heteroatoms. The molecule has 0 bridgehead atoms. The highest BCUT2D eigenvalue weighted by molar-refractivity contribution is 5.78. The van der Waals surface area contributed by atoms with Crippen molar-refractivity contribution < 1.29 is 17.9 Å². The molecular formula is C34H43F3O. The molecule has 0 heterocycles. The van der Waals surface area contributed by atoms with Crippen LogP contribution in [0.3, 0.4) is 0 Å². The summed E-state index contributed by atoms with van der Waals surface area (Å²) < 4.78 is 50.3. The van der Waals surface area contributed by atoms with E-state index in [1.807, 2.05) is 36.4 Å².